The number of carbonyl (C=O) groups is 2. The van der Waals surface area contributed by atoms with Crippen LogP contribution in [0.15, 0.2) is 18.3 Å². The van der Waals surface area contributed by atoms with E-state index in [1.54, 1.807) is 19.1 Å². The lowest BCUT2D eigenvalue weighted by Crippen LogP contribution is -2.36. The SMILES string of the molecule is CCN(CC(C)C(=O)O)C(=O)c1ccc(OC)nc1. The molecule has 19 heavy (non-hydrogen) atoms. The molecule has 1 unspecified atom stereocenters. The number of hydrogen-bond donors (Lipinski definition) is 1. The molecule has 0 aliphatic carbocycles. The molecule has 0 spiro atoms. The van der Waals surface area contributed by atoms with Crippen molar-refractivity contribution in [1.82, 2.24) is 9.88 Å². The number of carbonyl (C=O) groups excluding carboxylic acids is 1. The zero-order valence-corrected chi connectivity index (χ0v) is 11.3. The van der Waals surface area contributed by atoms with E-state index in [1.165, 1.54) is 18.2 Å². The Morgan fingerprint density at radius 3 is 2.58 bits per heavy atom. The first-order valence-electron chi connectivity index (χ1n) is 6.01. The Kier molecular flexibility index (Phi) is 5.29. The van der Waals surface area contributed by atoms with Crippen molar-refractivity contribution in [3.8, 4) is 5.88 Å². The van der Waals surface area contributed by atoms with Crippen LogP contribution in [-0.4, -0.2) is 47.1 Å². The van der Waals surface area contributed by atoms with E-state index in [9.17, 15) is 9.59 Å². The lowest BCUT2D eigenvalue weighted by atomic mass is 10.1. The van der Waals surface area contributed by atoms with Crippen molar-refractivity contribution < 1.29 is 19.4 Å². The average Bonchev–Trinajstić information content (AvgIpc) is 2.43. The molecule has 1 atom stereocenters. The van der Waals surface area contributed by atoms with Gasteiger partial charge in [0, 0.05) is 25.4 Å². The summed E-state index contributed by atoms with van der Waals surface area (Å²) < 4.78 is 4.92. The molecule has 0 saturated carbocycles. The predicted molar refractivity (Wildman–Crippen MR) is 69.2 cm³/mol. The van der Waals surface area contributed by atoms with Gasteiger partial charge in [-0.25, -0.2) is 4.98 Å². The third-order valence-electron chi connectivity index (χ3n) is 2.78. The second-order valence-corrected chi connectivity index (χ2v) is 4.17. The fourth-order valence-electron chi connectivity index (χ4n) is 1.57. The molecular weight excluding hydrogens is 248 g/mol. The van der Waals surface area contributed by atoms with Crippen LogP contribution in [0, 0.1) is 5.92 Å². The highest BCUT2D eigenvalue weighted by Crippen LogP contribution is 2.11. The molecule has 104 valence electrons. The minimum Gasteiger partial charge on any atom is -0.481 e. The van der Waals surface area contributed by atoms with Gasteiger partial charge in [-0.05, 0) is 13.0 Å². The summed E-state index contributed by atoms with van der Waals surface area (Å²) in [5.74, 6) is -1.32. The molecule has 0 radical (unpaired) electrons. The third-order valence-corrected chi connectivity index (χ3v) is 2.78. The second-order valence-electron chi connectivity index (χ2n) is 4.17. The minimum atomic E-state index is -0.917. The molecule has 0 bridgehead atoms. The molecule has 1 aromatic rings. The van der Waals surface area contributed by atoms with E-state index in [4.69, 9.17) is 9.84 Å². The van der Waals surface area contributed by atoms with Crippen molar-refractivity contribution in [2.24, 2.45) is 5.92 Å². The van der Waals surface area contributed by atoms with E-state index in [0.717, 1.165) is 0 Å². The standard InChI is InChI=1S/C13H18N2O4/c1-4-15(8-9(2)13(17)18)12(16)10-5-6-11(19-3)14-7-10/h5-7,9H,4,8H2,1-3H3,(H,17,18). The number of aliphatic carboxylic acids is 1. The van der Waals surface area contributed by atoms with E-state index in [1.807, 2.05) is 6.92 Å². The summed E-state index contributed by atoms with van der Waals surface area (Å²) in [6.07, 6.45) is 1.43. The maximum atomic E-state index is 12.2. The fraction of sp³-hybridized carbons (Fsp3) is 0.462. The zero-order chi connectivity index (χ0) is 14.4. The first-order valence-corrected chi connectivity index (χ1v) is 6.01. The molecule has 0 aliphatic rings. The third kappa shape index (κ3) is 3.94. The van der Waals surface area contributed by atoms with Gasteiger partial charge in [-0.15, -0.1) is 0 Å². The van der Waals surface area contributed by atoms with Gasteiger partial charge in [-0.2, -0.15) is 0 Å². The summed E-state index contributed by atoms with van der Waals surface area (Å²) in [6.45, 7) is 4.01. The van der Waals surface area contributed by atoms with Crippen molar-refractivity contribution in [1.29, 1.82) is 0 Å². The summed E-state index contributed by atoms with van der Waals surface area (Å²) in [5.41, 5.74) is 0.417. The first kappa shape index (κ1) is 14.9. The maximum absolute atomic E-state index is 12.2. The van der Waals surface area contributed by atoms with Crippen LogP contribution in [0.25, 0.3) is 0 Å². The van der Waals surface area contributed by atoms with E-state index in [0.29, 0.717) is 18.0 Å². The largest absolute Gasteiger partial charge is 0.481 e. The maximum Gasteiger partial charge on any atom is 0.308 e. The van der Waals surface area contributed by atoms with Crippen LogP contribution in [0.1, 0.15) is 24.2 Å². The highest BCUT2D eigenvalue weighted by molar-refractivity contribution is 5.94. The molecular formula is C13H18N2O4. The molecule has 6 heteroatoms. The Morgan fingerprint density at radius 2 is 2.16 bits per heavy atom. The van der Waals surface area contributed by atoms with Crippen LogP contribution >= 0.6 is 0 Å². The highest BCUT2D eigenvalue weighted by atomic mass is 16.5. The lowest BCUT2D eigenvalue weighted by Gasteiger charge is -2.22. The topological polar surface area (TPSA) is 79.7 Å². The number of aromatic nitrogens is 1. The molecule has 1 heterocycles. The van der Waals surface area contributed by atoms with Crippen LogP contribution in [-0.2, 0) is 4.79 Å². The fourth-order valence-corrected chi connectivity index (χ4v) is 1.57. The van der Waals surface area contributed by atoms with Gasteiger partial charge >= 0.3 is 5.97 Å². The smallest absolute Gasteiger partial charge is 0.308 e. The van der Waals surface area contributed by atoms with Crippen molar-refractivity contribution in [2.45, 2.75) is 13.8 Å². The number of nitrogens with zero attached hydrogens (tertiary/aromatic N) is 2. The van der Waals surface area contributed by atoms with Crippen LogP contribution in [0.3, 0.4) is 0 Å². The summed E-state index contributed by atoms with van der Waals surface area (Å²) in [5, 5.41) is 8.88. The zero-order valence-electron chi connectivity index (χ0n) is 11.3. The molecule has 0 saturated heterocycles. The molecule has 1 rings (SSSR count). The summed E-state index contributed by atoms with van der Waals surface area (Å²) in [4.78, 5) is 28.5. The molecule has 1 amide bonds. The van der Waals surface area contributed by atoms with Gasteiger partial charge < -0.3 is 14.7 Å². The molecule has 6 nitrogen and oxygen atoms in total. The van der Waals surface area contributed by atoms with Gasteiger partial charge in [0.2, 0.25) is 5.88 Å². The van der Waals surface area contributed by atoms with E-state index in [-0.39, 0.29) is 12.5 Å². The summed E-state index contributed by atoms with van der Waals surface area (Å²) >= 11 is 0. The van der Waals surface area contributed by atoms with Gasteiger partial charge in [0.15, 0.2) is 0 Å². The normalized spacial score (nSPS) is 11.7. The van der Waals surface area contributed by atoms with Crippen LogP contribution in [0.2, 0.25) is 0 Å². The summed E-state index contributed by atoms with van der Waals surface area (Å²) in [7, 11) is 1.50. The molecule has 0 aromatic carbocycles. The van der Waals surface area contributed by atoms with E-state index >= 15 is 0 Å². The number of carboxylic acid groups (broad SMARTS) is 1. The van der Waals surface area contributed by atoms with Crippen LogP contribution in [0.4, 0.5) is 0 Å². The Bertz CT molecular complexity index is 444. The first-order chi connectivity index (χ1) is 8.99. The van der Waals surface area contributed by atoms with Gasteiger partial charge in [0.25, 0.3) is 5.91 Å². The van der Waals surface area contributed by atoms with Crippen molar-refractivity contribution in [2.75, 3.05) is 20.2 Å². The number of ether oxygens (including phenoxy) is 1. The second kappa shape index (κ2) is 6.72. The Morgan fingerprint density at radius 1 is 1.47 bits per heavy atom. The monoisotopic (exact) mass is 266 g/mol. The average molecular weight is 266 g/mol. The van der Waals surface area contributed by atoms with E-state index in [2.05, 4.69) is 4.98 Å². The van der Waals surface area contributed by atoms with Crippen LogP contribution < -0.4 is 4.74 Å². The van der Waals surface area contributed by atoms with Crippen molar-refractivity contribution in [3.63, 3.8) is 0 Å². The lowest BCUT2D eigenvalue weighted by molar-refractivity contribution is -0.141. The number of carboxylic acids is 1. The molecule has 1 N–H and O–H groups in total. The summed E-state index contributed by atoms with van der Waals surface area (Å²) in [6, 6.07) is 3.21. The van der Waals surface area contributed by atoms with Gasteiger partial charge in [-0.1, -0.05) is 6.92 Å². The quantitative estimate of drug-likeness (QED) is 0.838. The Hall–Kier alpha value is -2.11. The Labute approximate surface area is 112 Å². The number of pyridine rings is 1. The number of methoxy groups -OCH3 is 1. The van der Waals surface area contributed by atoms with E-state index < -0.39 is 11.9 Å². The molecule has 0 aliphatic heterocycles. The van der Waals surface area contributed by atoms with Gasteiger partial charge in [0.1, 0.15) is 0 Å². The molecule has 0 fully saturated rings. The Balaban J connectivity index is 2.79. The van der Waals surface area contributed by atoms with Crippen molar-refractivity contribution >= 4 is 11.9 Å². The van der Waals surface area contributed by atoms with Gasteiger partial charge in [-0.3, -0.25) is 9.59 Å². The number of rotatable bonds is 6. The van der Waals surface area contributed by atoms with Crippen LogP contribution in [0.5, 0.6) is 5.88 Å². The highest BCUT2D eigenvalue weighted by Gasteiger charge is 2.20. The molecule has 1 aromatic heterocycles. The van der Waals surface area contributed by atoms with Gasteiger partial charge in [0.05, 0.1) is 18.6 Å². The number of amides is 1. The minimum absolute atomic E-state index is 0.177. The number of hydrogen-bond acceptors (Lipinski definition) is 4. The predicted octanol–water partition coefficient (Wildman–Crippen LogP) is 1.27. The van der Waals surface area contributed by atoms with Crippen molar-refractivity contribution in [3.05, 3.63) is 23.9 Å².